The van der Waals surface area contributed by atoms with Crippen LogP contribution in [0, 0.1) is 6.57 Å². The second-order valence-corrected chi connectivity index (χ2v) is 18.7. The summed E-state index contributed by atoms with van der Waals surface area (Å²) < 4.78 is 175. The molecule has 2 saturated heterocycles. The average Bonchev–Trinajstić information content (AvgIpc) is 4.07. The maximum Gasteiger partial charge on any atom is 0.416 e. The highest BCUT2D eigenvalue weighted by Crippen LogP contribution is 2.43. The zero-order chi connectivity index (χ0) is 56.2. The van der Waals surface area contributed by atoms with Crippen molar-refractivity contribution in [2.24, 2.45) is 5.16 Å². The fourth-order valence-corrected chi connectivity index (χ4v) is 9.35. The number of oxime groups is 1. The summed E-state index contributed by atoms with van der Waals surface area (Å²) >= 11 is 0. The van der Waals surface area contributed by atoms with Crippen LogP contribution in [0.2, 0.25) is 0 Å². The number of rotatable bonds is 13. The molecule has 2 aromatic heterocycles. The van der Waals surface area contributed by atoms with Gasteiger partial charge in [0.2, 0.25) is 0 Å². The molecule has 4 aromatic carbocycles. The minimum Gasteiger partial charge on any atom is -0.411 e. The third-order valence-corrected chi connectivity index (χ3v) is 13.9. The third-order valence-electron chi connectivity index (χ3n) is 13.9. The first kappa shape index (κ1) is 57.4. The van der Waals surface area contributed by atoms with Gasteiger partial charge in [-0.2, -0.15) is 62.9 Å². The number of hydrogen-bond donors (Lipinski definition) is 5. The number of benzene rings is 4. The smallest absolute Gasteiger partial charge is 0.411 e. The Morgan fingerprint density at radius 1 is 0.623 bits per heavy atom. The number of aromatic nitrogens is 6. The second-order valence-electron chi connectivity index (χ2n) is 18.7. The van der Waals surface area contributed by atoms with Crippen LogP contribution < -0.4 is 22.0 Å². The lowest BCUT2D eigenvalue weighted by Crippen LogP contribution is -2.60. The van der Waals surface area contributed by atoms with E-state index in [2.05, 4.69) is 41.0 Å². The highest BCUT2D eigenvalue weighted by molar-refractivity contribution is 5.68. The van der Waals surface area contributed by atoms with E-state index in [0.29, 0.717) is 30.7 Å². The molecule has 2 aliphatic rings. The lowest BCUT2D eigenvalue weighted by Gasteiger charge is -2.46. The summed E-state index contributed by atoms with van der Waals surface area (Å²) in [5.41, 5.74) is -10.0. The first-order valence-corrected chi connectivity index (χ1v) is 23.3. The molecular weight excluding hydrogens is 1050 g/mol. The van der Waals surface area contributed by atoms with Crippen LogP contribution in [0.15, 0.2) is 124 Å². The Bertz CT molecular complexity index is 3080. The number of hydrogen-bond acceptors (Lipinski definition) is 10. The highest BCUT2D eigenvalue weighted by atomic mass is 19.4. The molecule has 0 amide bonds. The maximum absolute atomic E-state index is 13.4. The van der Waals surface area contributed by atoms with Crippen LogP contribution >= 0.6 is 0 Å². The molecule has 0 aliphatic carbocycles. The van der Waals surface area contributed by atoms with Crippen LogP contribution in [0.25, 0.3) is 4.85 Å². The molecule has 2 aliphatic heterocycles. The van der Waals surface area contributed by atoms with Crippen molar-refractivity contribution >= 4 is 6.21 Å². The Morgan fingerprint density at radius 2 is 1.01 bits per heavy atom. The van der Waals surface area contributed by atoms with E-state index in [1.54, 1.807) is 36.4 Å². The summed E-state index contributed by atoms with van der Waals surface area (Å²) in [7, 11) is 0. The molecule has 27 heteroatoms. The van der Waals surface area contributed by atoms with E-state index >= 15 is 0 Å². The zero-order valence-electron chi connectivity index (χ0n) is 40.6. The second kappa shape index (κ2) is 22.0. The van der Waals surface area contributed by atoms with E-state index in [-0.39, 0.29) is 68.8 Å². The normalized spacial score (nSPS) is 23.2. The number of aromatic amines is 2. The Kier molecular flexibility index (Phi) is 16.4. The van der Waals surface area contributed by atoms with Gasteiger partial charge in [-0.05, 0) is 91.8 Å². The molecule has 4 heterocycles. The largest absolute Gasteiger partial charge is 0.416 e. The van der Waals surface area contributed by atoms with Crippen molar-refractivity contribution in [2.75, 3.05) is 26.3 Å². The van der Waals surface area contributed by atoms with Crippen molar-refractivity contribution in [2.45, 2.75) is 98.7 Å². The lowest BCUT2D eigenvalue weighted by molar-refractivity contribution is -0.145. The minimum atomic E-state index is -4.98. The molecule has 6 aromatic rings. The van der Waals surface area contributed by atoms with Gasteiger partial charge in [0.05, 0.1) is 77.9 Å². The Hall–Kier alpha value is -7.28. The molecule has 15 nitrogen and oxygen atoms in total. The number of ether oxygens (including phenoxy) is 2. The van der Waals surface area contributed by atoms with Gasteiger partial charge in [-0.15, -0.1) is 0 Å². The summed E-state index contributed by atoms with van der Waals surface area (Å²) in [5.74, 6) is 0. The first-order chi connectivity index (χ1) is 36.1. The Balaban J connectivity index is 0.000000224. The standard InChI is InChI=1S/C25H25F6N5O3.C25H23F6N5O2/c1-16(17-9-19(24(26,27)28)11-20(10-17)25(29,30)31)39-14-23(18-5-3-2-4-6-18)8-7-22(12-32-23,13-34-38)36-15-33-35-21(36)37;1-16(17-10-19(24(26,27)28)12-20(11-17)25(29,30)31)38-14-22(18-6-4-3-5-7-18)8-9-23(32-2,13-33-22)36-15-34-35-21(36)37/h2-6,9-11,13,15-16,32,38H,7-8,12,14H2,1H3,(H,35,37);3-7,10-12,15-16,33H,8-9,13-14H2,1H3,(H,35,37)/b34-13+;/t2*16-,22-,23-/m11/s1. The van der Waals surface area contributed by atoms with Gasteiger partial charge < -0.3 is 20.0 Å². The van der Waals surface area contributed by atoms with Crippen molar-refractivity contribution in [3.63, 3.8) is 0 Å². The predicted octanol–water partition coefficient (Wildman–Crippen LogP) is 10.1. The summed E-state index contributed by atoms with van der Waals surface area (Å²) in [4.78, 5) is 28.1. The summed E-state index contributed by atoms with van der Waals surface area (Å²) in [6.45, 7) is 10.4. The van der Waals surface area contributed by atoms with Gasteiger partial charge in [0.15, 0.2) is 0 Å². The molecule has 8 rings (SSSR count). The van der Waals surface area contributed by atoms with Crippen LogP contribution in [0.3, 0.4) is 0 Å². The Labute approximate surface area is 429 Å². The average molecular weight is 1100 g/mol. The van der Waals surface area contributed by atoms with Crippen molar-refractivity contribution in [1.29, 1.82) is 0 Å². The van der Waals surface area contributed by atoms with E-state index in [4.69, 9.17) is 16.0 Å². The topological polar surface area (TPSA) is 181 Å². The van der Waals surface area contributed by atoms with Gasteiger partial charge in [-0.3, -0.25) is 14.7 Å². The molecule has 0 unspecified atom stereocenters. The first-order valence-electron chi connectivity index (χ1n) is 23.3. The Morgan fingerprint density at radius 3 is 1.32 bits per heavy atom. The van der Waals surface area contributed by atoms with Gasteiger partial charge in [0.1, 0.15) is 18.2 Å². The zero-order valence-corrected chi connectivity index (χ0v) is 40.6. The van der Waals surface area contributed by atoms with Gasteiger partial charge in [0, 0.05) is 6.54 Å². The van der Waals surface area contributed by atoms with Gasteiger partial charge in [-0.1, -0.05) is 65.8 Å². The van der Waals surface area contributed by atoms with Crippen molar-refractivity contribution in [1.82, 2.24) is 40.2 Å². The van der Waals surface area contributed by atoms with E-state index < -0.39 is 92.8 Å². The minimum absolute atomic E-state index is 0.0182. The number of H-pyrrole nitrogens is 2. The van der Waals surface area contributed by atoms with Gasteiger partial charge in [0.25, 0.3) is 0 Å². The lowest BCUT2D eigenvalue weighted by atomic mass is 9.76. The SMILES string of the molecule is C[C@@H](OC[C@@]1(c2ccccc2)CC[C@@](/C=N/O)(n2cn[nH]c2=O)CN1)c1cc(C(F)(F)F)cc(C(F)(F)F)c1.[C-]#[N+][C@@]1(n2cn[nH]c2=O)CC[C@@](CO[C@H](C)c2cc(C(F)(F)F)cc(C(F)(F)F)c2)(c2ccccc2)NC1. The molecule has 0 radical (unpaired) electrons. The fraction of sp³-hybridized carbons (Fsp3) is 0.400. The summed E-state index contributed by atoms with van der Waals surface area (Å²) in [6.07, 6.45) is -17.4. The van der Waals surface area contributed by atoms with Crippen molar-refractivity contribution in [3.05, 3.63) is 187 Å². The molecule has 5 N–H and O–H groups in total. The van der Waals surface area contributed by atoms with E-state index in [1.807, 2.05) is 24.3 Å². The van der Waals surface area contributed by atoms with Gasteiger partial charge in [-0.25, -0.2) is 30.9 Å². The molecule has 77 heavy (non-hydrogen) atoms. The predicted molar refractivity (Wildman–Crippen MR) is 251 cm³/mol. The molecule has 0 spiro atoms. The number of nitrogens with zero attached hydrogens (tertiary/aromatic N) is 6. The van der Waals surface area contributed by atoms with E-state index in [0.717, 1.165) is 11.1 Å². The number of alkyl halides is 12. The van der Waals surface area contributed by atoms with Gasteiger partial charge >= 0.3 is 41.7 Å². The number of piperidine rings is 2. The molecule has 412 valence electrons. The van der Waals surface area contributed by atoms with Crippen LogP contribution in [0.1, 0.15) is 96.2 Å². The quantitative estimate of drug-likeness (QED) is 0.0247. The van der Waals surface area contributed by atoms with Crippen molar-refractivity contribution in [3.8, 4) is 0 Å². The van der Waals surface area contributed by atoms with Crippen LogP contribution in [0.5, 0.6) is 0 Å². The number of nitrogens with one attached hydrogen (secondary N) is 4. The van der Waals surface area contributed by atoms with Crippen LogP contribution in [0.4, 0.5) is 52.7 Å². The van der Waals surface area contributed by atoms with Crippen LogP contribution in [-0.2, 0) is 56.5 Å². The summed E-state index contributed by atoms with van der Waals surface area (Å²) in [5, 5.41) is 31.0. The highest BCUT2D eigenvalue weighted by Gasteiger charge is 2.51. The van der Waals surface area contributed by atoms with Crippen molar-refractivity contribution < 1.29 is 67.4 Å². The molecule has 0 bridgehead atoms. The molecular formula is C50H48F12N10O5. The third kappa shape index (κ3) is 12.6. The summed E-state index contributed by atoms with van der Waals surface area (Å²) in [6, 6.07) is 20.7. The van der Waals surface area contributed by atoms with E-state index in [1.165, 1.54) is 41.9 Å². The van der Waals surface area contributed by atoms with Crippen LogP contribution in [-0.4, -0.2) is 67.3 Å². The molecule has 6 atom stereocenters. The molecule has 0 saturated carbocycles. The van der Waals surface area contributed by atoms with E-state index in [9.17, 15) is 67.5 Å². The maximum atomic E-state index is 13.4. The fourth-order valence-electron chi connectivity index (χ4n) is 9.35. The monoisotopic (exact) mass is 1100 g/mol. The molecule has 2 fully saturated rings. The number of halogens is 12.